The van der Waals surface area contributed by atoms with Crippen LogP contribution < -0.4 is 0 Å². The summed E-state index contributed by atoms with van der Waals surface area (Å²) in [5.74, 6) is -0.0384. The van der Waals surface area contributed by atoms with Gasteiger partial charge in [0.1, 0.15) is 0 Å². The molecule has 0 fully saturated rings. The van der Waals surface area contributed by atoms with Crippen molar-refractivity contribution in [3.63, 3.8) is 0 Å². The van der Waals surface area contributed by atoms with Crippen LogP contribution in [0.1, 0.15) is 111 Å². The summed E-state index contributed by atoms with van der Waals surface area (Å²) in [5.41, 5.74) is 0. The zero-order chi connectivity index (χ0) is 16.2. The Kier molecular flexibility index (Phi) is 23.6. The van der Waals surface area contributed by atoms with Gasteiger partial charge >= 0.3 is 5.97 Å². The fraction of sp³-hybridized carbons (Fsp3) is 0.947. The number of unbranched alkanes of at least 4 members (excludes halogenated alkanes) is 10. The number of hydrogen-bond donors (Lipinski definition) is 0. The molecule has 0 unspecified atom stereocenters. The van der Waals surface area contributed by atoms with E-state index in [0.717, 1.165) is 6.42 Å². The third-order valence-electron chi connectivity index (χ3n) is 3.50. The van der Waals surface area contributed by atoms with Crippen molar-refractivity contribution >= 4 is 5.97 Å². The van der Waals surface area contributed by atoms with Crippen LogP contribution in [0.5, 0.6) is 0 Å². The summed E-state index contributed by atoms with van der Waals surface area (Å²) in [7, 11) is 0. The predicted octanol–water partition coefficient (Wildman–Crippen LogP) is 6.67. The molecular formula is C19H40O2. The maximum Gasteiger partial charge on any atom is 0.305 e. The molecule has 0 aromatic rings. The Bertz CT molecular complexity index is 186. The smallest absolute Gasteiger partial charge is 0.305 e. The molecule has 21 heavy (non-hydrogen) atoms. The first-order chi connectivity index (χ1) is 10.2. The number of hydrogen-bond acceptors (Lipinski definition) is 2. The van der Waals surface area contributed by atoms with Crippen LogP contribution in [0.25, 0.3) is 0 Å². The van der Waals surface area contributed by atoms with Crippen molar-refractivity contribution in [2.45, 2.75) is 111 Å². The van der Waals surface area contributed by atoms with Crippen LogP contribution >= 0.6 is 0 Å². The van der Waals surface area contributed by atoms with Crippen LogP contribution in [0.4, 0.5) is 0 Å². The van der Waals surface area contributed by atoms with Gasteiger partial charge in [0, 0.05) is 6.42 Å². The summed E-state index contributed by atoms with van der Waals surface area (Å²) in [6.45, 7) is 9.06. The highest BCUT2D eigenvalue weighted by Gasteiger charge is 2.00. The van der Waals surface area contributed by atoms with Gasteiger partial charge in [-0.25, -0.2) is 0 Å². The lowest BCUT2D eigenvalue weighted by Gasteiger charge is -2.02. The van der Waals surface area contributed by atoms with E-state index >= 15 is 0 Å². The van der Waals surface area contributed by atoms with Gasteiger partial charge < -0.3 is 4.74 Å². The fourth-order valence-electron chi connectivity index (χ4n) is 2.14. The largest absolute Gasteiger partial charge is 0.466 e. The maximum absolute atomic E-state index is 11.0. The second-order valence-electron chi connectivity index (χ2n) is 5.74. The second kappa shape index (κ2) is 21.8. The van der Waals surface area contributed by atoms with Gasteiger partial charge in [0.2, 0.25) is 0 Å². The highest BCUT2D eigenvalue weighted by atomic mass is 16.5. The van der Waals surface area contributed by atoms with Crippen LogP contribution in [0.15, 0.2) is 0 Å². The first-order valence-electron chi connectivity index (χ1n) is 9.38. The van der Waals surface area contributed by atoms with E-state index in [1.165, 1.54) is 70.6 Å². The first-order valence-corrected chi connectivity index (χ1v) is 9.38. The Labute approximate surface area is 134 Å². The number of ether oxygens (including phenoxy) is 1. The molecule has 0 radical (unpaired) electrons. The topological polar surface area (TPSA) is 26.3 Å². The van der Waals surface area contributed by atoms with E-state index < -0.39 is 0 Å². The van der Waals surface area contributed by atoms with Gasteiger partial charge in [-0.3, -0.25) is 4.79 Å². The van der Waals surface area contributed by atoms with Crippen LogP contribution in [-0.2, 0) is 9.53 Å². The summed E-state index contributed by atoms with van der Waals surface area (Å²) in [6, 6.07) is 0. The van der Waals surface area contributed by atoms with Crippen molar-refractivity contribution in [1.82, 2.24) is 0 Å². The van der Waals surface area contributed by atoms with Crippen molar-refractivity contribution < 1.29 is 9.53 Å². The van der Waals surface area contributed by atoms with Gasteiger partial charge in [-0.1, -0.05) is 91.4 Å². The monoisotopic (exact) mass is 300 g/mol. The maximum atomic E-state index is 11.0. The second-order valence-corrected chi connectivity index (χ2v) is 5.74. The molecule has 0 aromatic heterocycles. The standard InChI is InChI=1S/C13H26O2.C6H14/c1-3-5-6-7-8-9-10-11-12-13(14)15-4-2;1-3-5-6-4-2/h3-12H2,1-2H3;3-6H2,1-2H3. The molecule has 2 heteroatoms. The van der Waals surface area contributed by atoms with Gasteiger partial charge in [-0.2, -0.15) is 0 Å². The normalized spacial score (nSPS) is 9.90. The molecule has 0 amide bonds. The molecule has 0 aliphatic heterocycles. The van der Waals surface area contributed by atoms with Crippen LogP contribution in [0.2, 0.25) is 0 Å². The average molecular weight is 301 g/mol. The predicted molar refractivity (Wildman–Crippen MR) is 93.7 cm³/mol. The third kappa shape index (κ3) is 24.8. The Hall–Kier alpha value is -0.530. The number of carbonyl (C=O) groups excluding carboxylic acids is 1. The molecule has 0 N–H and O–H groups in total. The van der Waals surface area contributed by atoms with Crippen LogP contribution in [0.3, 0.4) is 0 Å². The van der Waals surface area contributed by atoms with Crippen molar-refractivity contribution in [3.05, 3.63) is 0 Å². The molecule has 0 spiro atoms. The molecule has 0 bridgehead atoms. The summed E-state index contributed by atoms with van der Waals surface area (Å²) in [6.07, 6.45) is 16.3. The fourth-order valence-corrected chi connectivity index (χ4v) is 2.14. The molecule has 0 atom stereocenters. The van der Waals surface area contributed by atoms with Crippen molar-refractivity contribution in [3.8, 4) is 0 Å². The molecular weight excluding hydrogens is 260 g/mol. The molecule has 128 valence electrons. The van der Waals surface area contributed by atoms with Gasteiger partial charge in [0.05, 0.1) is 6.61 Å². The zero-order valence-electron chi connectivity index (χ0n) is 15.2. The summed E-state index contributed by atoms with van der Waals surface area (Å²) in [5, 5.41) is 0. The van der Waals surface area contributed by atoms with Crippen molar-refractivity contribution in [1.29, 1.82) is 0 Å². The minimum absolute atomic E-state index is 0.0384. The Balaban J connectivity index is 0. The summed E-state index contributed by atoms with van der Waals surface area (Å²) >= 11 is 0. The summed E-state index contributed by atoms with van der Waals surface area (Å²) < 4.78 is 4.86. The SMILES string of the molecule is CCCCCC.CCCCCCCCCCC(=O)OCC. The molecule has 0 aromatic carbocycles. The quantitative estimate of drug-likeness (QED) is 0.280. The van der Waals surface area contributed by atoms with Crippen molar-refractivity contribution in [2.24, 2.45) is 0 Å². The number of rotatable bonds is 13. The first kappa shape index (κ1) is 22.7. The lowest BCUT2D eigenvalue weighted by Crippen LogP contribution is -2.03. The lowest BCUT2D eigenvalue weighted by molar-refractivity contribution is -0.143. The molecule has 0 heterocycles. The average Bonchev–Trinajstić information content (AvgIpc) is 2.49. The molecule has 0 aliphatic rings. The summed E-state index contributed by atoms with van der Waals surface area (Å²) in [4.78, 5) is 11.0. The number of esters is 1. The Morgan fingerprint density at radius 1 is 0.619 bits per heavy atom. The van der Waals surface area contributed by atoms with Crippen LogP contribution in [0, 0.1) is 0 Å². The van der Waals surface area contributed by atoms with Gasteiger partial charge in [-0.15, -0.1) is 0 Å². The molecule has 0 saturated carbocycles. The highest BCUT2D eigenvalue weighted by molar-refractivity contribution is 5.69. The molecule has 0 saturated heterocycles. The van der Waals surface area contributed by atoms with Gasteiger partial charge in [-0.05, 0) is 13.3 Å². The Morgan fingerprint density at radius 3 is 1.43 bits per heavy atom. The number of carbonyl (C=O) groups is 1. The van der Waals surface area contributed by atoms with E-state index in [4.69, 9.17) is 4.74 Å². The van der Waals surface area contributed by atoms with Gasteiger partial charge in [0.15, 0.2) is 0 Å². The Morgan fingerprint density at radius 2 is 1.00 bits per heavy atom. The van der Waals surface area contributed by atoms with Gasteiger partial charge in [0.25, 0.3) is 0 Å². The molecule has 0 aliphatic carbocycles. The minimum atomic E-state index is -0.0384. The van der Waals surface area contributed by atoms with E-state index in [2.05, 4.69) is 20.8 Å². The van der Waals surface area contributed by atoms with Crippen LogP contribution in [-0.4, -0.2) is 12.6 Å². The van der Waals surface area contributed by atoms with E-state index in [1.54, 1.807) is 0 Å². The lowest BCUT2D eigenvalue weighted by atomic mass is 10.1. The van der Waals surface area contributed by atoms with E-state index in [0.29, 0.717) is 13.0 Å². The highest BCUT2D eigenvalue weighted by Crippen LogP contribution is 2.09. The molecule has 2 nitrogen and oxygen atoms in total. The zero-order valence-corrected chi connectivity index (χ0v) is 15.2. The van der Waals surface area contributed by atoms with E-state index in [1.807, 2.05) is 6.92 Å². The third-order valence-corrected chi connectivity index (χ3v) is 3.50. The van der Waals surface area contributed by atoms with E-state index in [9.17, 15) is 4.79 Å². The minimum Gasteiger partial charge on any atom is -0.466 e. The van der Waals surface area contributed by atoms with E-state index in [-0.39, 0.29) is 5.97 Å². The molecule has 0 rings (SSSR count). The van der Waals surface area contributed by atoms with Crippen molar-refractivity contribution in [2.75, 3.05) is 6.61 Å².